The number of aliphatic carboxylic acids is 1. The summed E-state index contributed by atoms with van der Waals surface area (Å²) in [7, 11) is 0. The van der Waals surface area contributed by atoms with E-state index in [0.717, 1.165) is 12.1 Å². The summed E-state index contributed by atoms with van der Waals surface area (Å²) in [5.41, 5.74) is 0.0740. The van der Waals surface area contributed by atoms with E-state index in [2.05, 4.69) is 5.32 Å². The monoisotopic (exact) mass is 291 g/mol. The summed E-state index contributed by atoms with van der Waals surface area (Å²) in [6.07, 6.45) is 0. The number of nitrogens with one attached hydrogen (secondary N) is 1. The Balaban J connectivity index is 2.25. The minimum Gasteiger partial charge on any atom is -0.479 e. The minimum absolute atomic E-state index is 0.283. The maximum atomic E-state index is 13.1. The van der Waals surface area contributed by atoms with E-state index >= 15 is 0 Å². The van der Waals surface area contributed by atoms with Crippen molar-refractivity contribution in [2.75, 3.05) is 0 Å². The Morgan fingerprint density at radius 2 is 1.57 bits per heavy atom. The second-order valence-corrected chi connectivity index (χ2v) is 4.31. The molecule has 2 N–H and O–H groups in total. The van der Waals surface area contributed by atoms with Gasteiger partial charge in [-0.05, 0) is 17.7 Å². The standard InChI is InChI=1S/C15H11F2NO3/c16-11-6-10(7-12(17)8-11)14(19)18-13(15(20)21)9-4-2-1-3-5-9/h1-8,13H,(H,18,19)(H,20,21)/t13-/m0/s1. The van der Waals surface area contributed by atoms with Crippen molar-refractivity contribution in [1.29, 1.82) is 0 Å². The molecule has 0 radical (unpaired) electrons. The second-order valence-electron chi connectivity index (χ2n) is 4.31. The van der Waals surface area contributed by atoms with Gasteiger partial charge in [0, 0.05) is 11.6 Å². The number of benzene rings is 2. The quantitative estimate of drug-likeness (QED) is 0.909. The van der Waals surface area contributed by atoms with Crippen LogP contribution in [-0.2, 0) is 4.79 Å². The minimum atomic E-state index is -1.30. The highest BCUT2D eigenvalue weighted by atomic mass is 19.1. The van der Waals surface area contributed by atoms with E-state index in [9.17, 15) is 18.4 Å². The van der Waals surface area contributed by atoms with E-state index < -0.39 is 29.6 Å². The molecule has 0 aliphatic heterocycles. The maximum Gasteiger partial charge on any atom is 0.330 e. The van der Waals surface area contributed by atoms with Gasteiger partial charge in [-0.25, -0.2) is 13.6 Å². The molecule has 0 bridgehead atoms. The molecule has 0 heterocycles. The smallest absolute Gasteiger partial charge is 0.330 e. The molecule has 0 aliphatic rings. The van der Waals surface area contributed by atoms with Gasteiger partial charge in [-0.2, -0.15) is 0 Å². The molecule has 0 fully saturated rings. The van der Waals surface area contributed by atoms with Crippen LogP contribution in [0.5, 0.6) is 0 Å². The van der Waals surface area contributed by atoms with E-state index in [4.69, 9.17) is 5.11 Å². The van der Waals surface area contributed by atoms with Gasteiger partial charge in [0.05, 0.1) is 0 Å². The fourth-order valence-corrected chi connectivity index (χ4v) is 1.83. The molecule has 1 atom stereocenters. The first-order valence-electron chi connectivity index (χ1n) is 6.02. The van der Waals surface area contributed by atoms with Gasteiger partial charge in [0.25, 0.3) is 5.91 Å². The molecule has 0 unspecified atom stereocenters. The lowest BCUT2D eigenvalue weighted by Gasteiger charge is -2.15. The van der Waals surface area contributed by atoms with E-state index in [1.54, 1.807) is 18.2 Å². The number of carbonyl (C=O) groups excluding carboxylic acids is 1. The molecule has 1 amide bonds. The van der Waals surface area contributed by atoms with Crippen molar-refractivity contribution in [1.82, 2.24) is 5.32 Å². The number of amides is 1. The average Bonchev–Trinajstić information content (AvgIpc) is 2.44. The molecule has 0 aromatic heterocycles. The number of carboxylic acids is 1. The highest BCUT2D eigenvalue weighted by Gasteiger charge is 2.22. The summed E-state index contributed by atoms with van der Waals surface area (Å²) in [5, 5.41) is 11.4. The van der Waals surface area contributed by atoms with Crippen LogP contribution in [0.3, 0.4) is 0 Å². The zero-order valence-electron chi connectivity index (χ0n) is 10.7. The molecule has 6 heteroatoms. The summed E-state index contributed by atoms with van der Waals surface area (Å²) in [6.45, 7) is 0. The zero-order chi connectivity index (χ0) is 15.4. The third-order valence-corrected chi connectivity index (χ3v) is 2.78. The molecule has 108 valence electrons. The van der Waals surface area contributed by atoms with Crippen LogP contribution >= 0.6 is 0 Å². The van der Waals surface area contributed by atoms with Crippen molar-refractivity contribution in [2.45, 2.75) is 6.04 Å². The molecular formula is C15H11F2NO3. The number of carbonyl (C=O) groups is 2. The highest BCUT2D eigenvalue weighted by molar-refractivity contribution is 5.96. The molecule has 0 saturated carbocycles. The molecule has 2 rings (SSSR count). The van der Waals surface area contributed by atoms with Crippen LogP contribution in [0.4, 0.5) is 8.78 Å². The van der Waals surface area contributed by atoms with Crippen molar-refractivity contribution >= 4 is 11.9 Å². The van der Waals surface area contributed by atoms with Crippen LogP contribution in [-0.4, -0.2) is 17.0 Å². The first kappa shape index (κ1) is 14.6. The predicted molar refractivity (Wildman–Crippen MR) is 70.6 cm³/mol. The van der Waals surface area contributed by atoms with Gasteiger partial charge < -0.3 is 10.4 Å². The number of hydrogen-bond acceptors (Lipinski definition) is 2. The summed E-state index contributed by atoms with van der Waals surface area (Å²) in [5.74, 6) is -3.96. The first-order chi connectivity index (χ1) is 9.97. The first-order valence-corrected chi connectivity index (χ1v) is 6.02. The third kappa shape index (κ3) is 3.62. The molecular weight excluding hydrogens is 280 g/mol. The van der Waals surface area contributed by atoms with Crippen molar-refractivity contribution < 1.29 is 23.5 Å². The summed E-state index contributed by atoms with van der Waals surface area (Å²) < 4.78 is 26.1. The van der Waals surface area contributed by atoms with Crippen LogP contribution in [0.2, 0.25) is 0 Å². The molecule has 2 aromatic rings. The fourth-order valence-electron chi connectivity index (χ4n) is 1.83. The van der Waals surface area contributed by atoms with Gasteiger partial charge in [-0.1, -0.05) is 30.3 Å². The van der Waals surface area contributed by atoms with Crippen LogP contribution in [0.15, 0.2) is 48.5 Å². The van der Waals surface area contributed by atoms with Crippen LogP contribution < -0.4 is 5.32 Å². The highest BCUT2D eigenvalue weighted by Crippen LogP contribution is 2.15. The van der Waals surface area contributed by atoms with E-state index in [1.165, 1.54) is 12.1 Å². The normalized spacial score (nSPS) is 11.7. The number of carboxylic acid groups (broad SMARTS) is 1. The van der Waals surface area contributed by atoms with Crippen molar-refractivity contribution in [3.63, 3.8) is 0 Å². The molecule has 0 spiro atoms. The SMILES string of the molecule is O=C(N[C@H](C(=O)O)c1ccccc1)c1cc(F)cc(F)c1. The Bertz CT molecular complexity index is 654. The van der Waals surface area contributed by atoms with Gasteiger partial charge in [0.15, 0.2) is 6.04 Å². The van der Waals surface area contributed by atoms with Gasteiger partial charge in [-0.3, -0.25) is 4.79 Å². The largest absolute Gasteiger partial charge is 0.479 e. The Morgan fingerprint density at radius 3 is 2.10 bits per heavy atom. The molecule has 0 aliphatic carbocycles. The van der Waals surface area contributed by atoms with Crippen LogP contribution in [0, 0.1) is 11.6 Å². The van der Waals surface area contributed by atoms with Gasteiger partial charge in [-0.15, -0.1) is 0 Å². The van der Waals surface area contributed by atoms with E-state index in [0.29, 0.717) is 11.6 Å². The lowest BCUT2D eigenvalue weighted by molar-refractivity contribution is -0.139. The van der Waals surface area contributed by atoms with Crippen molar-refractivity contribution in [3.05, 3.63) is 71.3 Å². The summed E-state index contributed by atoms with van der Waals surface area (Å²) in [6, 6.07) is 9.01. The Morgan fingerprint density at radius 1 is 1.00 bits per heavy atom. The number of halogens is 2. The van der Waals surface area contributed by atoms with Crippen molar-refractivity contribution in [2.24, 2.45) is 0 Å². The predicted octanol–water partition coefficient (Wildman–Crippen LogP) is 2.52. The lowest BCUT2D eigenvalue weighted by Crippen LogP contribution is -2.33. The topological polar surface area (TPSA) is 66.4 Å². The fraction of sp³-hybridized carbons (Fsp3) is 0.0667. The van der Waals surface area contributed by atoms with Crippen molar-refractivity contribution in [3.8, 4) is 0 Å². The Kier molecular flexibility index (Phi) is 4.27. The number of hydrogen-bond donors (Lipinski definition) is 2. The Labute approximate surface area is 119 Å². The van der Waals surface area contributed by atoms with Gasteiger partial charge >= 0.3 is 5.97 Å². The van der Waals surface area contributed by atoms with Gasteiger partial charge in [0.1, 0.15) is 11.6 Å². The molecule has 4 nitrogen and oxygen atoms in total. The second kappa shape index (κ2) is 6.13. The van der Waals surface area contributed by atoms with E-state index in [-0.39, 0.29) is 5.56 Å². The van der Waals surface area contributed by atoms with E-state index in [1.807, 2.05) is 0 Å². The van der Waals surface area contributed by atoms with Crippen LogP contribution in [0.25, 0.3) is 0 Å². The lowest BCUT2D eigenvalue weighted by atomic mass is 10.1. The Hall–Kier alpha value is -2.76. The summed E-state index contributed by atoms with van der Waals surface area (Å²) >= 11 is 0. The van der Waals surface area contributed by atoms with Gasteiger partial charge in [0.2, 0.25) is 0 Å². The average molecular weight is 291 g/mol. The molecule has 21 heavy (non-hydrogen) atoms. The molecule has 0 saturated heterocycles. The maximum absolute atomic E-state index is 13.1. The zero-order valence-corrected chi connectivity index (χ0v) is 10.7. The van der Waals surface area contributed by atoms with Crippen LogP contribution in [0.1, 0.15) is 22.0 Å². The summed E-state index contributed by atoms with van der Waals surface area (Å²) in [4.78, 5) is 23.2. The number of rotatable bonds is 4. The third-order valence-electron chi connectivity index (χ3n) is 2.78. The molecule has 2 aromatic carbocycles.